The number of unbranched alkanes of at least 4 members (excludes halogenated alkanes) is 1. The molecule has 2 N–H and O–H groups in total. The predicted molar refractivity (Wildman–Crippen MR) is 158 cm³/mol. The third-order valence-corrected chi connectivity index (χ3v) is 7.20. The molecule has 2 aliphatic heterocycles. The van der Waals surface area contributed by atoms with E-state index in [1.165, 1.54) is 18.9 Å². The lowest BCUT2D eigenvalue weighted by Crippen LogP contribution is -2.41. The van der Waals surface area contributed by atoms with Crippen LogP contribution in [0.2, 0.25) is 0 Å². The summed E-state index contributed by atoms with van der Waals surface area (Å²) in [5.74, 6) is 1.65. The molecule has 2 aliphatic rings. The van der Waals surface area contributed by atoms with Crippen LogP contribution in [0.25, 0.3) is 17.0 Å². The second-order valence-corrected chi connectivity index (χ2v) is 10.6. The van der Waals surface area contributed by atoms with Crippen molar-refractivity contribution in [1.82, 2.24) is 24.9 Å². The molecule has 2 fully saturated rings. The first-order valence-corrected chi connectivity index (χ1v) is 14.5. The monoisotopic (exact) mass is 545 g/mol. The number of fused-ring (bicyclic) bond motifs is 1. The van der Waals surface area contributed by atoms with Gasteiger partial charge in [-0.05, 0) is 87.9 Å². The lowest BCUT2D eigenvalue weighted by atomic mass is 10.1. The molecule has 9 heteroatoms. The van der Waals surface area contributed by atoms with Crippen LogP contribution in [0.1, 0.15) is 45.1 Å². The van der Waals surface area contributed by atoms with E-state index in [0.717, 1.165) is 86.2 Å². The highest BCUT2D eigenvalue weighted by atomic mass is 19.1. The third-order valence-electron chi connectivity index (χ3n) is 7.20. The number of halogens is 1. The summed E-state index contributed by atoms with van der Waals surface area (Å²) >= 11 is 0. The minimum Gasteiger partial charge on any atom is -0.373 e. The zero-order chi connectivity index (χ0) is 27.7. The van der Waals surface area contributed by atoms with Crippen LogP contribution in [0.4, 0.5) is 16.0 Å². The summed E-state index contributed by atoms with van der Waals surface area (Å²) in [5, 5.41) is 11.4. The second kappa shape index (κ2) is 13.7. The molecule has 0 aliphatic carbocycles. The summed E-state index contributed by atoms with van der Waals surface area (Å²) in [4.78, 5) is 11.7. The van der Waals surface area contributed by atoms with E-state index in [9.17, 15) is 4.39 Å². The van der Waals surface area contributed by atoms with Crippen LogP contribution in [0.5, 0.6) is 0 Å². The zero-order valence-electron chi connectivity index (χ0n) is 23.5. The Labute approximate surface area is 236 Å². The Hall–Kier alpha value is -3.56. The molecule has 40 heavy (non-hydrogen) atoms. The van der Waals surface area contributed by atoms with E-state index in [1.54, 1.807) is 12.1 Å². The quantitative estimate of drug-likeness (QED) is 0.289. The van der Waals surface area contributed by atoms with Gasteiger partial charge >= 0.3 is 0 Å². The maximum atomic E-state index is 13.3. The van der Waals surface area contributed by atoms with Crippen LogP contribution >= 0.6 is 0 Å². The fourth-order valence-electron chi connectivity index (χ4n) is 5.18. The van der Waals surface area contributed by atoms with E-state index in [0.29, 0.717) is 12.2 Å². The summed E-state index contributed by atoms with van der Waals surface area (Å²) in [6.07, 6.45) is 7.92. The molecule has 3 aromatic heterocycles. The minimum absolute atomic E-state index is 0.172. The summed E-state index contributed by atoms with van der Waals surface area (Å²) in [5.41, 5.74) is 3.60. The minimum atomic E-state index is -0.172. The fraction of sp³-hybridized carbons (Fsp3) is 0.452. The Morgan fingerprint density at radius 2 is 1.80 bits per heavy atom. The highest BCUT2D eigenvalue weighted by molar-refractivity contribution is 5.62. The molecule has 5 heterocycles. The van der Waals surface area contributed by atoms with E-state index in [1.807, 2.05) is 35.0 Å². The van der Waals surface area contributed by atoms with Crippen molar-refractivity contribution in [3.8, 4) is 11.4 Å². The van der Waals surface area contributed by atoms with Crippen molar-refractivity contribution in [2.75, 3.05) is 42.9 Å². The zero-order valence-corrected chi connectivity index (χ0v) is 23.5. The van der Waals surface area contributed by atoms with Gasteiger partial charge in [-0.2, -0.15) is 0 Å². The number of hydrogen-bond acceptors (Lipinski definition) is 7. The molecule has 1 aromatic carbocycles. The molecule has 0 amide bonds. The molecule has 2 saturated heterocycles. The lowest BCUT2D eigenvalue weighted by molar-refractivity contribution is -0.0166. The number of imidazole rings is 1. The molecule has 0 radical (unpaired) electrons. The highest BCUT2D eigenvalue weighted by Crippen LogP contribution is 2.24. The van der Waals surface area contributed by atoms with E-state index < -0.39 is 0 Å². The Kier molecular flexibility index (Phi) is 9.57. The lowest BCUT2D eigenvalue weighted by Gasteiger charge is -2.25. The number of anilines is 2. The predicted octanol–water partition coefficient (Wildman–Crippen LogP) is 5.35. The Bertz CT molecular complexity index is 1360. The van der Waals surface area contributed by atoms with Gasteiger partial charge < -0.3 is 20.3 Å². The summed E-state index contributed by atoms with van der Waals surface area (Å²) < 4.78 is 20.6. The number of nitrogens with one attached hydrogen (secondary N) is 2. The first-order valence-electron chi connectivity index (χ1n) is 14.5. The molecular weight excluding hydrogens is 505 g/mol. The standard InChI is InChI=1S/C25H27FN6.C6H13NO/c26-20-9-5-8-19(17-20)7-1-2-14-27-23-12-13-24-28-18-22(32(24)30-23)21-10-6-11-25(29-21)31-15-3-4-16-31;1-5-3-7-4-6(2)8-5/h5-6,8-13,17-18H,1-4,7,14-16H2,(H,27,30);5-7H,3-4H2,1-2H3/t;5-,6+. The molecule has 2 atom stereocenters. The van der Waals surface area contributed by atoms with Crippen molar-refractivity contribution in [3.05, 3.63) is 72.2 Å². The van der Waals surface area contributed by atoms with Gasteiger partial charge in [-0.25, -0.2) is 18.9 Å². The van der Waals surface area contributed by atoms with Crippen molar-refractivity contribution in [2.45, 2.75) is 58.2 Å². The van der Waals surface area contributed by atoms with Gasteiger partial charge in [-0.1, -0.05) is 18.2 Å². The normalized spacial score (nSPS) is 18.9. The SMILES string of the molecule is C[C@@H]1CNC[C@H](C)O1.Fc1cccc(CCCCNc2ccc3ncc(-c4cccc(N5CCCC5)n4)n3n2)c1. The number of aryl methyl sites for hydroxylation is 1. The molecule has 6 rings (SSSR count). The average Bonchev–Trinajstić information content (AvgIpc) is 3.64. The van der Waals surface area contributed by atoms with Crippen LogP contribution in [0, 0.1) is 5.82 Å². The number of benzene rings is 1. The average molecular weight is 546 g/mol. The number of hydrogen-bond donors (Lipinski definition) is 2. The Balaban J connectivity index is 0.000000348. The van der Waals surface area contributed by atoms with Gasteiger partial charge in [0.05, 0.1) is 24.1 Å². The first kappa shape index (κ1) is 28.0. The molecule has 0 saturated carbocycles. The van der Waals surface area contributed by atoms with Gasteiger partial charge in [0.1, 0.15) is 23.1 Å². The van der Waals surface area contributed by atoms with Crippen LogP contribution in [-0.4, -0.2) is 64.5 Å². The topological polar surface area (TPSA) is 79.6 Å². The molecular formula is C31H40FN7O. The number of ether oxygens (including phenoxy) is 1. The molecule has 0 bridgehead atoms. The van der Waals surface area contributed by atoms with Crippen LogP contribution in [-0.2, 0) is 11.2 Å². The number of rotatable bonds is 8. The number of nitrogens with zero attached hydrogens (tertiary/aromatic N) is 5. The first-order chi connectivity index (χ1) is 19.5. The van der Waals surface area contributed by atoms with Crippen molar-refractivity contribution in [2.24, 2.45) is 0 Å². The van der Waals surface area contributed by atoms with Crippen LogP contribution in [0.15, 0.2) is 60.8 Å². The third kappa shape index (κ3) is 7.55. The number of pyridine rings is 1. The maximum Gasteiger partial charge on any atom is 0.154 e. The molecule has 0 unspecified atom stereocenters. The van der Waals surface area contributed by atoms with E-state index in [2.05, 4.69) is 46.5 Å². The van der Waals surface area contributed by atoms with Gasteiger partial charge in [0.15, 0.2) is 5.65 Å². The molecule has 0 spiro atoms. The van der Waals surface area contributed by atoms with Gasteiger partial charge in [-0.15, -0.1) is 5.10 Å². The summed E-state index contributed by atoms with van der Waals surface area (Å²) in [6.45, 7) is 9.12. The van der Waals surface area contributed by atoms with E-state index >= 15 is 0 Å². The maximum absolute atomic E-state index is 13.3. The highest BCUT2D eigenvalue weighted by Gasteiger charge is 2.16. The van der Waals surface area contributed by atoms with Gasteiger partial charge in [0.25, 0.3) is 0 Å². The van der Waals surface area contributed by atoms with Crippen molar-refractivity contribution in [1.29, 1.82) is 0 Å². The van der Waals surface area contributed by atoms with E-state index in [-0.39, 0.29) is 5.82 Å². The number of morpholine rings is 1. The van der Waals surface area contributed by atoms with Crippen molar-refractivity contribution < 1.29 is 9.13 Å². The number of aromatic nitrogens is 4. The molecule has 212 valence electrons. The fourth-order valence-corrected chi connectivity index (χ4v) is 5.18. The summed E-state index contributed by atoms with van der Waals surface area (Å²) in [7, 11) is 0. The van der Waals surface area contributed by atoms with Crippen LogP contribution in [0.3, 0.4) is 0 Å². The van der Waals surface area contributed by atoms with Crippen LogP contribution < -0.4 is 15.5 Å². The Morgan fingerprint density at radius 1 is 1.00 bits per heavy atom. The van der Waals surface area contributed by atoms with Gasteiger partial charge in [-0.3, -0.25) is 0 Å². The van der Waals surface area contributed by atoms with Gasteiger partial charge in [0.2, 0.25) is 0 Å². The smallest absolute Gasteiger partial charge is 0.154 e. The van der Waals surface area contributed by atoms with Crippen molar-refractivity contribution in [3.63, 3.8) is 0 Å². The summed E-state index contributed by atoms with van der Waals surface area (Å²) in [6, 6.07) is 16.9. The van der Waals surface area contributed by atoms with Crippen molar-refractivity contribution >= 4 is 17.3 Å². The van der Waals surface area contributed by atoms with Gasteiger partial charge in [0, 0.05) is 32.7 Å². The molecule has 8 nitrogen and oxygen atoms in total. The Morgan fingerprint density at radius 3 is 2.55 bits per heavy atom. The second-order valence-electron chi connectivity index (χ2n) is 10.6. The largest absolute Gasteiger partial charge is 0.373 e. The van der Waals surface area contributed by atoms with E-state index in [4.69, 9.17) is 14.8 Å². The molecule has 4 aromatic rings.